The van der Waals surface area contributed by atoms with Crippen molar-refractivity contribution in [1.29, 1.82) is 0 Å². The lowest BCUT2D eigenvalue weighted by atomic mass is 9.97. The highest BCUT2D eigenvalue weighted by atomic mass is 19.1. The number of aryl methyl sites for hydroxylation is 1. The summed E-state index contributed by atoms with van der Waals surface area (Å²) in [7, 11) is 1.50. The molecule has 3 aromatic rings. The number of methoxy groups -OCH3 is 1. The SMILES string of the molecule is CCN1C(CO)=NN(c2cc3c(C(C)C)cn(-c4cc(OC)ncc4C)c(=O)c3cc2F)C1O. The van der Waals surface area contributed by atoms with E-state index in [-0.39, 0.29) is 22.8 Å². The molecule has 0 spiro atoms. The van der Waals surface area contributed by atoms with E-state index in [4.69, 9.17) is 4.74 Å². The molecule has 10 heteroatoms. The van der Waals surface area contributed by atoms with Crippen LogP contribution in [0.2, 0.25) is 0 Å². The van der Waals surface area contributed by atoms with Gasteiger partial charge in [-0.1, -0.05) is 13.8 Å². The molecule has 0 radical (unpaired) electrons. The smallest absolute Gasteiger partial charge is 0.263 e. The molecule has 0 amide bonds. The Bertz CT molecular complexity index is 1340. The average Bonchev–Trinajstić information content (AvgIpc) is 3.14. The molecular weight excluding hydrogens is 441 g/mol. The van der Waals surface area contributed by atoms with E-state index in [0.717, 1.165) is 16.1 Å². The van der Waals surface area contributed by atoms with Gasteiger partial charge in [0.2, 0.25) is 12.2 Å². The van der Waals surface area contributed by atoms with Crippen molar-refractivity contribution in [2.75, 3.05) is 25.3 Å². The number of amidine groups is 1. The van der Waals surface area contributed by atoms with Crippen LogP contribution in [0.3, 0.4) is 0 Å². The molecule has 0 fully saturated rings. The summed E-state index contributed by atoms with van der Waals surface area (Å²) in [6, 6.07) is 4.38. The van der Waals surface area contributed by atoms with E-state index >= 15 is 4.39 Å². The summed E-state index contributed by atoms with van der Waals surface area (Å²) in [5, 5.41) is 26.4. The van der Waals surface area contributed by atoms with Crippen LogP contribution in [0.5, 0.6) is 5.88 Å². The summed E-state index contributed by atoms with van der Waals surface area (Å²) in [6.45, 7) is 7.58. The maximum absolute atomic E-state index is 15.4. The summed E-state index contributed by atoms with van der Waals surface area (Å²) >= 11 is 0. The molecule has 0 bridgehead atoms. The Morgan fingerprint density at radius 2 is 1.94 bits per heavy atom. The summed E-state index contributed by atoms with van der Waals surface area (Å²) < 4.78 is 22.1. The van der Waals surface area contributed by atoms with Crippen molar-refractivity contribution in [3.05, 3.63) is 57.9 Å². The van der Waals surface area contributed by atoms with Crippen LogP contribution < -0.4 is 15.3 Å². The number of rotatable bonds is 6. The molecule has 3 heterocycles. The molecule has 1 aliphatic rings. The quantitative estimate of drug-likeness (QED) is 0.572. The molecule has 4 rings (SSSR count). The maximum atomic E-state index is 15.4. The van der Waals surface area contributed by atoms with Gasteiger partial charge in [0.15, 0.2) is 5.84 Å². The zero-order chi connectivity index (χ0) is 24.7. The molecule has 0 saturated heterocycles. The highest BCUT2D eigenvalue weighted by Gasteiger charge is 2.34. The van der Waals surface area contributed by atoms with Gasteiger partial charge in [0, 0.05) is 25.0 Å². The van der Waals surface area contributed by atoms with Crippen molar-refractivity contribution < 1.29 is 19.3 Å². The first-order valence-electron chi connectivity index (χ1n) is 11.0. The molecule has 2 N–H and O–H groups in total. The zero-order valence-electron chi connectivity index (χ0n) is 19.8. The topological polar surface area (TPSA) is 103 Å². The summed E-state index contributed by atoms with van der Waals surface area (Å²) in [6.07, 6.45) is 2.10. The van der Waals surface area contributed by atoms with E-state index in [0.29, 0.717) is 23.5 Å². The van der Waals surface area contributed by atoms with Gasteiger partial charge < -0.3 is 19.8 Å². The van der Waals surface area contributed by atoms with Gasteiger partial charge >= 0.3 is 0 Å². The minimum absolute atomic E-state index is 0.00356. The number of ether oxygens (including phenoxy) is 1. The fraction of sp³-hybridized carbons (Fsp3) is 0.375. The van der Waals surface area contributed by atoms with E-state index in [1.807, 2.05) is 20.8 Å². The summed E-state index contributed by atoms with van der Waals surface area (Å²) in [5.41, 5.74) is 1.80. The number of fused-ring (bicyclic) bond motifs is 1. The van der Waals surface area contributed by atoms with Gasteiger partial charge in [-0.2, -0.15) is 5.10 Å². The first-order valence-corrected chi connectivity index (χ1v) is 11.0. The van der Waals surface area contributed by atoms with Crippen LogP contribution in [0.4, 0.5) is 10.1 Å². The van der Waals surface area contributed by atoms with Crippen LogP contribution in [0, 0.1) is 12.7 Å². The molecule has 1 atom stereocenters. The molecule has 180 valence electrons. The van der Waals surface area contributed by atoms with Crippen LogP contribution in [0.25, 0.3) is 16.5 Å². The number of anilines is 1. The van der Waals surface area contributed by atoms with E-state index in [1.165, 1.54) is 28.7 Å². The molecular formula is C24H28FN5O4. The van der Waals surface area contributed by atoms with Gasteiger partial charge in [-0.15, -0.1) is 0 Å². The molecule has 1 aliphatic heterocycles. The van der Waals surface area contributed by atoms with Gasteiger partial charge in [0.1, 0.15) is 18.1 Å². The van der Waals surface area contributed by atoms with Crippen LogP contribution in [-0.2, 0) is 0 Å². The monoisotopic (exact) mass is 469 g/mol. The number of pyridine rings is 2. The summed E-state index contributed by atoms with van der Waals surface area (Å²) in [5.74, 6) is -0.111. The molecule has 34 heavy (non-hydrogen) atoms. The molecule has 0 aliphatic carbocycles. The Balaban J connectivity index is 1.96. The number of benzene rings is 1. The Kier molecular flexibility index (Phi) is 6.28. The number of aliphatic hydroxyl groups is 2. The number of hydrogen-bond acceptors (Lipinski definition) is 8. The van der Waals surface area contributed by atoms with Crippen molar-refractivity contribution in [3.63, 3.8) is 0 Å². The third kappa shape index (κ3) is 3.78. The molecule has 1 aromatic carbocycles. The normalized spacial score (nSPS) is 16.0. The third-order valence-electron chi connectivity index (χ3n) is 6.04. The second kappa shape index (κ2) is 9.03. The van der Waals surface area contributed by atoms with Crippen LogP contribution in [0.1, 0.15) is 37.8 Å². The van der Waals surface area contributed by atoms with Gasteiger partial charge in [-0.25, -0.2) is 14.4 Å². The minimum Gasteiger partial charge on any atom is -0.481 e. The number of nitrogens with zero attached hydrogens (tertiary/aromatic N) is 5. The van der Waals surface area contributed by atoms with Crippen molar-refractivity contribution >= 4 is 22.3 Å². The van der Waals surface area contributed by atoms with Crippen molar-refractivity contribution in [2.45, 2.75) is 40.0 Å². The number of aromatic nitrogens is 2. The largest absolute Gasteiger partial charge is 0.481 e. The highest BCUT2D eigenvalue weighted by Crippen LogP contribution is 2.33. The van der Waals surface area contributed by atoms with Gasteiger partial charge in [-0.05, 0) is 48.4 Å². The first kappa shape index (κ1) is 23.7. The zero-order valence-corrected chi connectivity index (χ0v) is 19.8. The Morgan fingerprint density at radius 3 is 2.53 bits per heavy atom. The fourth-order valence-electron chi connectivity index (χ4n) is 4.20. The second-order valence-corrected chi connectivity index (χ2v) is 8.43. The molecule has 9 nitrogen and oxygen atoms in total. The van der Waals surface area contributed by atoms with E-state index in [2.05, 4.69) is 10.1 Å². The fourth-order valence-corrected chi connectivity index (χ4v) is 4.20. The average molecular weight is 470 g/mol. The number of hydrazone groups is 1. The predicted octanol–water partition coefficient (Wildman–Crippen LogP) is 2.69. The lowest BCUT2D eigenvalue weighted by Crippen LogP contribution is -2.43. The van der Waals surface area contributed by atoms with Gasteiger partial charge in [0.05, 0.1) is 18.2 Å². The van der Waals surface area contributed by atoms with Crippen LogP contribution in [0.15, 0.2) is 40.5 Å². The van der Waals surface area contributed by atoms with Crippen molar-refractivity contribution in [2.24, 2.45) is 5.10 Å². The van der Waals surface area contributed by atoms with Crippen molar-refractivity contribution in [3.8, 4) is 11.6 Å². The van der Waals surface area contributed by atoms with Gasteiger partial charge in [0.25, 0.3) is 5.56 Å². The third-order valence-corrected chi connectivity index (χ3v) is 6.04. The minimum atomic E-state index is -1.27. The van der Waals surface area contributed by atoms with Crippen LogP contribution >= 0.6 is 0 Å². The standard InChI is InChI=1S/C24H28FN5O4/c1-6-28-21(12-31)27-30(24(28)33)20-8-15-16(7-18(20)25)23(32)29(11-17(15)13(2)3)19-9-22(34-5)26-10-14(19)4/h7-11,13,24,31,33H,6,12H2,1-5H3. The number of likely N-dealkylation sites (N-methyl/N-ethyl adjacent to an activating group) is 1. The predicted molar refractivity (Wildman–Crippen MR) is 128 cm³/mol. The van der Waals surface area contributed by atoms with Crippen molar-refractivity contribution in [1.82, 2.24) is 14.5 Å². The first-order chi connectivity index (χ1) is 16.2. The number of hydrogen-bond donors (Lipinski definition) is 2. The van der Waals surface area contributed by atoms with E-state index < -0.39 is 24.3 Å². The molecule has 2 aromatic heterocycles. The molecule has 0 saturated carbocycles. The highest BCUT2D eigenvalue weighted by molar-refractivity contribution is 5.91. The van der Waals surface area contributed by atoms with Crippen LogP contribution in [-0.4, -0.2) is 57.1 Å². The lowest BCUT2D eigenvalue weighted by Gasteiger charge is -2.26. The number of aliphatic hydroxyl groups excluding tert-OH is 2. The van der Waals surface area contributed by atoms with E-state index in [9.17, 15) is 15.0 Å². The van der Waals surface area contributed by atoms with Gasteiger partial charge in [-0.3, -0.25) is 9.36 Å². The second-order valence-electron chi connectivity index (χ2n) is 8.43. The Labute approximate surface area is 196 Å². The number of halogens is 1. The maximum Gasteiger partial charge on any atom is 0.263 e. The Morgan fingerprint density at radius 1 is 1.21 bits per heavy atom. The molecule has 1 unspecified atom stereocenters. The van der Waals surface area contributed by atoms with E-state index in [1.54, 1.807) is 25.4 Å². The Hall–Kier alpha value is -3.50. The lowest BCUT2D eigenvalue weighted by molar-refractivity contribution is 0.0649. The summed E-state index contributed by atoms with van der Waals surface area (Å²) in [4.78, 5) is 19.1.